The Labute approximate surface area is 161 Å². The van der Waals surface area contributed by atoms with E-state index < -0.39 is 11.7 Å². The van der Waals surface area contributed by atoms with Gasteiger partial charge in [-0.3, -0.25) is 9.36 Å². The van der Waals surface area contributed by atoms with Crippen molar-refractivity contribution in [1.29, 1.82) is 0 Å². The predicted octanol–water partition coefficient (Wildman–Crippen LogP) is 4.65. The Bertz CT molecular complexity index is 971. The number of halogens is 4. The summed E-state index contributed by atoms with van der Waals surface area (Å²) in [6, 6.07) is 14.1. The van der Waals surface area contributed by atoms with Gasteiger partial charge in [0.15, 0.2) is 0 Å². The van der Waals surface area contributed by atoms with Crippen molar-refractivity contribution in [3.05, 3.63) is 92.4 Å². The van der Waals surface area contributed by atoms with Gasteiger partial charge in [0.2, 0.25) is 5.88 Å². The predicted molar refractivity (Wildman–Crippen MR) is 97.5 cm³/mol. The molecule has 0 spiro atoms. The fourth-order valence-corrected chi connectivity index (χ4v) is 2.83. The van der Waals surface area contributed by atoms with Gasteiger partial charge in [-0.2, -0.15) is 13.2 Å². The standard InChI is InChI=1S/C19H14BrF3N2O2/c20-16-17(27-11-14-4-2-1-3-5-14)24-12-25(18(16)26)10-13-6-8-15(9-7-13)19(21,22)23/h1-9,12H,10-11H2. The molecule has 0 radical (unpaired) electrons. The van der Waals surface area contributed by atoms with E-state index in [0.717, 1.165) is 17.7 Å². The maximum atomic E-state index is 12.6. The van der Waals surface area contributed by atoms with E-state index in [1.54, 1.807) is 0 Å². The molecule has 0 aliphatic carbocycles. The van der Waals surface area contributed by atoms with Gasteiger partial charge in [0, 0.05) is 0 Å². The lowest BCUT2D eigenvalue weighted by Gasteiger charge is -2.11. The maximum absolute atomic E-state index is 12.6. The van der Waals surface area contributed by atoms with Crippen molar-refractivity contribution in [3.63, 3.8) is 0 Å². The topological polar surface area (TPSA) is 44.1 Å². The second-order valence-electron chi connectivity index (χ2n) is 5.77. The van der Waals surface area contributed by atoms with Crippen LogP contribution >= 0.6 is 15.9 Å². The Morgan fingerprint density at radius 3 is 2.30 bits per heavy atom. The summed E-state index contributed by atoms with van der Waals surface area (Å²) in [4.78, 5) is 16.6. The molecule has 0 aliphatic heterocycles. The monoisotopic (exact) mass is 438 g/mol. The fourth-order valence-electron chi connectivity index (χ4n) is 2.38. The minimum absolute atomic E-state index is 0.0987. The van der Waals surface area contributed by atoms with Crippen molar-refractivity contribution in [2.45, 2.75) is 19.3 Å². The molecule has 2 aromatic carbocycles. The van der Waals surface area contributed by atoms with Gasteiger partial charge < -0.3 is 4.74 Å². The molecule has 0 bridgehead atoms. The zero-order chi connectivity index (χ0) is 19.4. The Morgan fingerprint density at radius 2 is 1.67 bits per heavy atom. The molecule has 140 valence electrons. The fraction of sp³-hybridized carbons (Fsp3) is 0.158. The van der Waals surface area contributed by atoms with E-state index in [1.807, 2.05) is 30.3 Å². The van der Waals surface area contributed by atoms with Crippen molar-refractivity contribution in [2.75, 3.05) is 0 Å². The lowest BCUT2D eigenvalue weighted by molar-refractivity contribution is -0.137. The first-order valence-corrected chi connectivity index (χ1v) is 8.71. The number of alkyl halides is 3. The number of aromatic nitrogens is 2. The highest BCUT2D eigenvalue weighted by atomic mass is 79.9. The number of hydrogen-bond acceptors (Lipinski definition) is 3. The molecule has 0 unspecified atom stereocenters. The van der Waals surface area contributed by atoms with Crippen LogP contribution in [0.2, 0.25) is 0 Å². The Balaban J connectivity index is 1.74. The van der Waals surface area contributed by atoms with Gasteiger partial charge in [-0.05, 0) is 39.2 Å². The van der Waals surface area contributed by atoms with Crippen LogP contribution in [0.1, 0.15) is 16.7 Å². The average Bonchev–Trinajstić information content (AvgIpc) is 2.65. The first kappa shape index (κ1) is 19.2. The van der Waals surface area contributed by atoms with Gasteiger partial charge in [0.05, 0.1) is 12.1 Å². The second kappa shape index (κ2) is 7.96. The smallest absolute Gasteiger partial charge is 0.416 e. The van der Waals surface area contributed by atoms with Crippen LogP contribution in [0.15, 0.2) is 70.2 Å². The summed E-state index contributed by atoms with van der Waals surface area (Å²) in [6.45, 7) is 0.357. The third-order valence-corrected chi connectivity index (χ3v) is 4.48. The van der Waals surface area contributed by atoms with Crippen LogP contribution in [0, 0.1) is 0 Å². The zero-order valence-corrected chi connectivity index (χ0v) is 15.5. The number of hydrogen-bond donors (Lipinski definition) is 0. The molecule has 0 amide bonds. The van der Waals surface area contributed by atoms with Crippen molar-refractivity contribution in [3.8, 4) is 5.88 Å². The van der Waals surface area contributed by atoms with Crippen LogP contribution in [0.25, 0.3) is 0 Å². The van der Waals surface area contributed by atoms with Gasteiger partial charge >= 0.3 is 6.18 Å². The van der Waals surface area contributed by atoms with E-state index in [4.69, 9.17) is 4.74 Å². The van der Waals surface area contributed by atoms with Gasteiger partial charge in [0.1, 0.15) is 17.4 Å². The molecule has 8 heteroatoms. The summed E-state index contributed by atoms with van der Waals surface area (Å²) in [5, 5.41) is 0. The maximum Gasteiger partial charge on any atom is 0.416 e. The highest BCUT2D eigenvalue weighted by molar-refractivity contribution is 9.10. The molecular weight excluding hydrogens is 425 g/mol. The molecule has 0 saturated carbocycles. The molecular formula is C19H14BrF3N2O2. The normalized spacial score (nSPS) is 11.4. The zero-order valence-electron chi connectivity index (χ0n) is 13.9. The SMILES string of the molecule is O=c1c(Br)c(OCc2ccccc2)ncn1Cc1ccc(C(F)(F)F)cc1. The molecule has 0 N–H and O–H groups in total. The van der Waals surface area contributed by atoms with Gasteiger partial charge in [-0.1, -0.05) is 42.5 Å². The van der Waals surface area contributed by atoms with Gasteiger partial charge in [-0.25, -0.2) is 4.98 Å². The van der Waals surface area contributed by atoms with Crippen molar-refractivity contribution in [1.82, 2.24) is 9.55 Å². The average molecular weight is 439 g/mol. The number of nitrogens with zero attached hydrogens (tertiary/aromatic N) is 2. The lowest BCUT2D eigenvalue weighted by Crippen LogP contribution is -2.22. The summed E-state index contributed by atoms with van der Waals surface area (Å²) in [7, 11) is 0. The number of ether oxygens (including phenoxy) is 1. The van der Waals surface area contributed by atoms with E-state index >= 15 is 0 Å². The van der Waals surface area contributed by atoms with Crippen molar-refractivity contribution < 1.29 is 17.9 Å². The van der Waals surface area contributed by atoms with Crippen molar-refractivity contribution >= 4 is 15.9 Å². The molecule has 3 aromatic rings. The highest BCUT2D eigenvalue weighted by Gasteiger charge is 2.29. The number of benzene rings is 2. The van der Waals surface area contributed by atoms with Crippen LogP contribution in [0.4, 0.5) is 13.2 Å². The summed E-state index contributed by atoms with van der Waals surface area (Å²) >= 11 is 3.19. The van der Waals surface area contributed by atoms with Crippen molar-refractivity contribution in [2.24, 2.45) is 0 Å². The molecule has 1 aromatic heterocycles. The van der Waals surface area contributed by atoms with Crippen LogP contribution < -0.4 is 10.3 Å². The Hall–Kier alpha value is -2.61. The Morgan fingerprint density at radius 1 is 1.00 bits per heavy atom. The molecule has 0 fully saturated rings. The summed E-state index contributed by atoms with van der Waals surface area (Å²) < 4.78 is 44.9. The molecule has 0 aliphatic rings. The van der Waals surface area contributed by atoms with Crippen LogP contribution in [-0.2, 0) is 19.3 Å². The second-order valence-corrected chi connectivity index (χ2v) is 6.56. The molecule has 0 atom stereocenters. The lowest BCUT2D eigenvalue weighted by atomic mass is 10.1. The first-order valence-electron chi connectivity index (χ1n) is 7.92. The van der Waals surface area contributed by atoms with E-state index in [9.17, 15) is 18.0 Å². The van der Waals surface area contributed by atoms with Gasteiger partial charge in [-0.15, -0.1) is 0 Å². The minimum Gasteiger partial charge on any atom is -0.472 e. The Kier molecular flexibility index (Phi) is 5.65. The molecule has 3 rings (SSSR count). The van der Waals surface area contributed by atoms with E-state index in [-0.39, 0.29) is 29.1 Å². The molecule has 1 heterocycles. The number of rotatable bonds is 5. The minimum atomic E-state index is -4.39. The molecule has 4 nitrogen and oxygen atoms in total. The molecule has 27 heavy (non-hydrogen) atoms. The van der Waals surface area contributed by atoms with E-state index in [1.165, 1.54) is 23.0 Å². The van der Waals surface area contributed by atoms with Crippen LogP contribution in [0.3, 0.4) is 0 Å². The summed E-state index contributed by atoms with van der Waals surface area (Å²) in [6.07, 6.45) is -3.08. The van der Waals surface area contributed by atoms with E-state index in [2.05, 4.69) is 20.9 Å². The van der Waals surface area contributed by atoms with Crippen LogP contribution in [-0.4, -0.2) is 9.55 Å². The highest BCUT2D eigenvalue weighted by Crippen LogP contribution is 2.29. The molecule has 0 saturated heterocycles. The summed E-state index contributed by atoms with van der Waals surface area (Å²) in [5.74, 6) is 0.160. The quantitative estimate of drug-likeness (QED) is 0.582. The summed E-state index contributed by atoms with van der Waals surface area (Å²) in [5.41, 5.74) is 0.368. The van der Waals surface area contributed by atoms with Gasteiger partial charge in [0.25, 0.3) is 5.56 Å². The van der Waals surface area contributed by atoms with Crippen LogP contribution in [0.5, 0.6) is 5.88 Å². The largest absolute Gasteiger partial charge is 0.472 e. The third kappa shape index (κ3) is 4.77. The van der Waals surface area contributed by atoms with E-state index in [0.29, 0.717) is 5.56 Å². The first-order chi connectivity index (χ1) is 12.8. The third-order valence-electron chi connectivity index (χ3n) is 3.80.